The topological polar surface area (TPSA) is 33.3 Å². The van der Waals surface area contributed by atoms with E-state index in [0.29, 0.717) is 0 Å². The predicted molar refractivity (Wildman–Crippen MR) is 59.1 cm³/mol. The highest BCUT2D eigenvalue weighted by atomic mass is 79.9. The molecule has 1 rings (SSSR count). The monoisotopic (exact) mass is 244 g/mol. The van der Waals surface area contributed by atoms with Crippen molar-refractivity contribution < 1.29 is 4.84 Å². The summed E-state index contributed by atoms with van der Waals surface area (Å²) in [6.45, 7) is 2.04. The van der Waals surface area contributed by atoms with Crippen LogP contribution in [0, 0.1) is 6.92 Å². The Morgan fingerprint density at radius 1 is 1.38 bits per heavy atom. The average molecular weight is 245 g/mol. The van der Waals surface area contributed by atoms with Crippen molar-refractivity contribution in [3.05, 3.63) is 22.2 Å². The van der Waals surface area contributed by atoms with Crippen LogP contribution in [0.4, 0.5) is 11.4 Å². The summed E-state index contributed by atoms with van der Waals surface area (Å²) in [6.07, 6.45) is 0. The number of halogens is 1. The van der Waals surface area contributed by atoms with E-state index in [1.54, 1.807) is 7.11 Å². The predicted octanol–water partition coefficient (Wildman–Crippen LogP) is 2.77. The molecule has 0 heterocycles. The van der Waals surface area contributed by atoms with Gasteiger partial charge in [0.15, 0.2) is 0 Å². The lowest BCUT2D eigenvalue weighted by Crippen LogP contribution is -2.01. The molecule has 0 saturated carbocycles. The highest BCUT2D eigenvalue weighted by Crippen LogP contribution is 2.31. The van der Waals surface area contributed by atoms with Gasteiger partial charge in [0.2, 0.25) is 0 Å². The van der Waals surface area contributed by atoms with Crippen LogP contribution in [-0.4, -0.2) is 14.2 Å². The van der Waals surface area contributed by atoms with Crippen molar-refractivity contribution in [2.75, 3.05) is 25.0 Å². The van der Waals surface area contributed by atoms with Crippen LogP contribution in [0.3, 0.4) is 0 Å². The zero-order chi connectivity index (χ0) is 9.84. The Bertz CT molecular complexity index is 302. The molecular formula is C9H13BrN2O. The quantitative estimate of drug-likeness (QED) is 0.803. The number of nitrogens with one attached hydrogen (secondary N) is 2. The number of benzene rings is 1. The third-order valence-electron chi connectivity index (χ3n) is 1.71. The first-order valence-corrected chi connectivity index (χ1v) is 4.75. The number of aryl methyl sites for hydroxylation is 1. The van der Waals surface area contributed by atoms with Gasteiger partial charge in [-0.1, -0.05) is 0 Å². The zero-order valence-corrected chi connectivity index (χ0v) is 9.53. The van der Waals surface area contributed by atoms with Crippen LogP contribution < -0.4 is 10.8 Å². The molecule has 3 nitrogen and oxygen atoms in total. The van der Waals surface area contributed by atoms with E-state index in [4.69, 9.17) is 4.84 Å². The Morgan fingerprint density at radius 3 is 2.62 bits per heavy atom. The molecular weight excluding hydrogens is 232 g/mol. The smallest absolute Gasteiger partial charge is 0.0977 e. The largest absolute Gasteiger partial charge is 0.386 e. The standard InChI is InChI=1S/C9H13BrN2O/c1-6-4-7(10)9(12-13-3)8(5-6)11-2/h4-5,11-12H,1-3H3. The van der Waals surface area contributed by atoms with Gasteiger partial charge in [-0.2, -0.15) is 0 Å². The van der Waals surface area contributed by atoms with Crippen LogP contribution in [0.25, 0.3) is 0 Å². The second-order valence-electron chi connectivity index (χ2n) is 2.73. The number of hydrogen-bond acceptors (Lipinski definition) is 3. The van der Waals surface area contributed by atoms with Gasteiger partial charge >= 0.3 is 0 Å². The Labute approximate surface area is 86.6 Å². The molecule has 0 saturated heterocycles. The van der Waals surface area contributed by atoms with Gasteiger partial charge < -0.3 is 5.32 Å². The lowest BCUT2D eigenvalue weighted by molar-refractivity contribution is 0.271. The van der Waals surface area contributed by atoms with Crippen molar-refractivity contribution in [1.82, 2.24) is 0 Å². The van der Waals surface area contributed by atoms with E-state index in [0.717, 1.165) is 15.8 Å². The Balaban J connectivity index is 3.13. The minimum Gasteiger partial charge on any atom is -0.386 e. The summed E-state index contributed by atoms with van der Waals surface area (Å²) in [5.41, 5.74) is 5.93. The van der Waals surface area contributed by atoms with Gasteiger partial charge in [0.05, 0.1) is 18.5 Å². The maximum atomic E-state index is 4.87. The second-order valence-corrected chi connectivity index (χ2v) is 3.58. The van der Waals surface area contributed by atoms with Gasteiger partial charge in [-0.3, -0.25) is 10.3 Å². The summed E-state index contributed by atoms with van der Waals surface area (Å²) in [5.74, 6) is 0. The van der Waals surface area contributed by atoms with Gasteiger partial charge in [0.25, 0.3) is 0 Å². The van der Waals surface area contributed by atoms with Crippen molar-refractivity contribution in [3.63, 3.8) is 0 Å². The first kappa shape index (κ1) is 10.3. The SMILES string of the molecule is CNc1cc(C)cc(Br)c1NOC. The minimum atomic E-state index is 0.913. The summed E-state index contributed by atoms with van der Waals surface area (Å²) in [5, 5.41) is 3.09. The molecule has 0 aliphatic heterocycles. The van der Waals surface area contributed by atoms with Crippen LogP contribution in [0.1, 0.15) is 5.56 Å². The molecule has 0 unspecified atom stereocenters. The Morgan fingerprint density at radius 2 is 2.08 bits per heavy atom. The molecule has 0 atom stereocenters. The molecule has 0 spiro atoms. The van der Waals surface area contributed by atoms with Crippen LogP contribution in [-0.2, 0) is 4.84 Å². The van der Waals surface area contributed by atoms with Crippen molar-refractivity contribution in [2.24, 2.45) is 0 Å². The lowest BCUT2D eigenvalue weighted by Gasteiger charge is -2.12. The first-order chi connectivity index (χ1) is 6.19. The van der Waals surface area contributed by atoms with Crippen LogP contribution in [0.15, 0.2) is 16.6 Å². The van der Waals surface area contributed by atoms with Crippen LogP contribution in [0.5, 0.6) is 0 Å². The molecule has 2 N–H and O–H groups in total. The van der Waals surface area contributed by atoms with E-state index in [1.807, 2.05) is 26.1 Å². The van der Waals surface area contributed by atoms with Crippen LogP contribution >= 0.6 is 15.9 Å². The minimum absolute atomic E-state index is 0.913. The van der Waals surface area contributed by atoms with E-state index in [1.165, 1.54) is 5.56 Å². The summed E-state index contributed by atoms with van der Waals surface area (Å²) in [6, 6.07) is 4.08. The fourth-order valence-corrected chi connectivity index (χ4v) is 1.80. The molecule has 1 aromatic carbocycles. The molecule has 0 fully saturated rings. The van der Waals surface area contributed by atoms with Gasteiger partial charge in [0.1, 0.15) is 0 Å². The average Bonchev–Trinajstić information content (AvgIpc) is 2.09. The molecule has 0 radical (unpaired) electrons. The first-order valence-electron chi connectivity index (χ1n) is 3.96. The molecule has 0 amide bonds. The summed E-state index contributed by atoms with van der Waals surface area (Å²) < 4.78 is 0.985. The van der Waals surface area contributed by atoms with Gasteiger partial charge in [-0.05, 0) is 40.5 Å². The Kier molecular flexibility index (Phi) is 3.57. The van der Waals surface area contributed by atoms with E-state index >= 15 is 0 Å². The van der Waals surface area contributed by atoms with E-state index in [9.17, 15) is 0 Å². The fourth-order valence-electron chi connectivity index (χ4n) is 1.15. The number of anilines is 2. The molecule has 0 bridgehead atoms. The molecule has 4 heteroatoms. The van der Waals surface area contributed by atoms with Crippen molar-refractivity contribution in [3.8, 4) is 0 Å². The molecule has 13 heavy (non-hydrogen) atoms. The normalized spacial score (nSPS) is 9.85. The van der Waals surface area contributed by atoms with E-state index < -0.39 is 0 Å². The third kappa shape index (κ3) is 2.35. The molecule has 0 aliphatic rings. The summed E-state index contributed by atoms with van der Waals surface area (Å²) in [7, 11) is 3.47. The fraction of sp³-hybridized carbons (Fsp3) is 0.333. The highest BCUT2D eigenvalue weighted by Gasteiger charge is 2.05. The maximum Gasteiger partial charge on any atom is 0.0977 e. The lowest BCUT2D eigenvalue weighted by atomic mass is 10.2. The molecule has 72 valence electrons. The highest BCUT2D eigenvalue weighted by molar-refractivity contribution is 9.10. The number of rotatable bonds is 3. The third-order valence-corrected chi connectivity index (χ3v) is 2.33. The van der Waals surface area contributed by atoms with Gasteiger partial charge in [0, 0.05) is 11.5 Å². The van der Waals surface area contributed by atoms with Crippen LogP contribution in [0.2, 0.25) is 0 Å². The van der Waals surface area contributed by atoms with E-state index in [-0.39, 0.29) is 0 Å². The van der Waals surface area contributed by atoms with Crippen molar-refractivity contribution >= 4 is 27.3 Å². The summed E-state index contributed by atoms with van der Waals surface area (Å²) in [4.78, 5) is 4.87. The maximum absolute atomic E-state index is 4.87. The van der Waals surface area contributed by atoms with Gasteiger partial charge in [-0.15, -0.1) is 0 Å². The van der Waals surface area contributed by atoms with E-state index in [2.05, 4.69) is 26.7 Å². The molecule has 0 aromatic heterocycles. The zero-order valence-electron chi connectivity index (χ0n) is 7.94. The molecule has 1 aromatic rings. The number of hydrogen-bond donors (Lipinski definition) is 2. The summed E-state index contributed by atoms with van der Waals surface area (Å²) >= 11 is 3.46. The van der Waals surface area contributed by atoms with Crippen molar-refractivity contribution in [2.45, 2.75) is 6.92 Å². The van der Waals surface area contributed by atoms with Crippen molar-refractivity contribution in [1.29, 1.82) is 0 Å². The molecule has 0 aliphatic carbocycles. The van der Waals surface area contributed by atoms with Gasteiger partial charge in [-0.25, -0.2) is 0 Å². The second kappa shape index (κ2) is 4.48. The Hall–Kier alpha value is -0.740.